The van der Waals surface area contributed by atoms with Crippen LogP contribution in [0, 0.1) is 0 Å². The van der Waals surface area contributed by atoms with E-state index in [-0.39, 0.29) is 6.29 Å². The summed E-state index contributed by atoms with van der Waals surface area (Å²) in [5, 5.41) is 0. The maximum absolute atomic E-state index is 5.43. The van der Waals surface area contributed by atoms with E-state index in [0.717, 1.165) is 26.1 Å². The van der Waals surface area contributed by atoms with Gasteiger partial charge in [0, 0.05) is 19.6 Å². The molecule has 0 aromatic carbocycles. The minimum Gasteiger partial charge on any atom is -0.353 e. The number of allylic oxidation sites excluding steroid dienone is 2. The summed E-state index contributed by atoms with van der Waals surface area (Å²) in [5.41, 5.74) is 0. The maximum atomic E-state index is 5.43. The third-order valence-electron chi connectivity index (χ3n) is 1.90. The molecular formula is C12H24O2. The molecule has 0 radical (unpaired) electrons. The highest BCUT2D eigenvalue weighted by molar-refractivity contribution is 4.81. The van der Waals surface area contributed by atoms with E-state index in [2.05, 4.69) is 19.1 Å². The number of unbranched alkanes of at least 4 members (excludes halogenated alkanes) is 1. The van der Waals surface area contributed by atoms with Gasteiger partial charge in [-0.25, -0.2) is 0 Å². The predicted molar refractivity (Wildman–Crippen MR) is 60.3 cm³/mol. The molecule has 0 amide bonds. The molecule has 0 heterocycles. The van der Waals surface area contributed by atoms with E-state index in [1.165, 1.54) is 12.8 Å². The van der Waals surface area contributed by atoms with Crippen LogP contribution in [0.1, 0.15) is 46.5 Å². The molecular weight excluding hydrogens is 176 g/mol. The van der Waals surface area contributed by atoms with Crippen molar-refractivity contribution in [2.24, 2.45) is 0 Å². The van der Waals surface area contributed by atoms with Crippen LogP contribution in [0.4, 0.5) is 0 Å². The molecule has 0 spiro atoms. The van der Waals surface area contributed by atoms with Crippen LogP contribution in [0.2, 0.25) is 0 Å². The Labute approximate surface area is 88.3 Å². The van der Waals surface area contributed by atoms with Crippen LogP contribution in [-0.4, -0.2) is 19.5 Å². The van der Waals surface area contributed by atoms with E-state index in [4.69, 9.17) is 9.47 Å². The molecule has 0 saturated heterocycles. The van der Waals surface area contributed by atoms with Crippen molar-refractivity contribution < 1.29 is 9.47 Å². The molecule has 2 heteroatoms. The number of rotatable bonds is 9. The van der Waals surface area contributed by atoms with E-state index in [1.807, 2.05) is 13.8 Å². The van der Waals surface area contributed by atoms with Gasteiger partial charge in [0.15, 0.2) is 6.29 Å². The van der Waals surface area contributed by atoms with Crippen LogP contribution >= 0.6 is 0 Å². The topological polar surface area (TPSA) is 18.5 Å². The predicted octanol–water partition coefficient (Wildman–Crippen LogP) is 3.52. The fourth-order valence-electron chi connectivity index (χ4n) is 1.22. The van der Waals surface area contributed by atoms with Gasteiger partial charge >= 0.3 is 0 Å². The molecule has 84 valence electrons. The molecule has 0 aliphatic rings. The van der Waals surface area contributed by atoms with Crippen molar-refractivity contribution in [1.82, 2.24) is 0 Å². The van der Waals surface area contributed by atoms with E-state index >= 15 is 0 Å². The van der Waals surface area contributed by atoms with Crippen molar-refractivity contribution >= 4 is 0 Å². The van der Waals surface area contributed by atoms with Gasteiger partial charge in [-0.3, -0.25) is 0 Å². The second-order valence-corrected chi connectivity index (χ2v) is 3.18. The minimum atomic E-state index is -0.0173. The van der Waals surface area contributed by atoms with Crippen LogP contribution in [-0.2, 0) is 9.47 Å². The van der Waals surface area contributed by atoms with Crippen LogP contribution in [0.5, 0.6) is 0 Å². The van der Waals surface area contributed by atoms with Crippen molar-refractivity contribution in [2.75, 3.05) is 13.2 Å². The summed E-state index contributed by atoms with van der Waals surface area (Å²) in [4.78, 5) is 0. The number of hydrogen-bond acceptors (Lipinski definition) is 2. The van der Waals surface area contributed by atoms with Gasteiger partial charge in [-0.15, -0.1) is 0 Å². The lowest BCUT2D eigenvalue weighted by molar-refractivity contribution is -0.138. The third kappa shape index (κ3) is 8.27. The second kappa shape index (κ2) is 10.7. The largest absolute Gasteiger partial charge is 0.353 e. The van der Waals surface area contributed by atoms with Crippen molar-refractivity contribution in [1.29, 1.82) is 0 Å². The molecule has 0 aliphatic carbocycles. The van der Waals surface area contributed by atoms with Crippen LogP contribution in [0.15, 0.2) is 12.2 Å². The summed E-state index contributed by atoms with van der Waals surface area (Å²) >= 11 is 0. The molecule has 0 atom stereocenters. The Morgan fingerprint density at radius 2 is 1.50 bits per heavy atom. The van der Waals surface area contributed by atoms with Crippen LogP contribution < -0.4 is 0 Å². The molecule has 0 aliphatic heterocycles. The van der Waals surface area contributed by atoms with E-state index in [1.54, 1.807) is 0 Å². The normalized spacial score (nSPS) is 11.7. The Kier molecular flexibility index (Phi) is 10.5. The molecule has 14 heavy (non-hydrogen) atoms. The monoisotopic (exact) mass is 200 g/mol. The quantitative estimate of drug-likeness (QED) is 0.419. The fourth-order valence-corrected chi connectivity index (χ4v) is 1.22. The average Bonchev–Trinajstić information content (AvgIpc) is 2.18. The lowest BCUT2D eigenvalue weighted by atomic mass is 10.2. The maximum Gasteiger partial charge on any atom is 0.157 e. The number of ether oxygens (including phenoxy) is 2. The molecule has 0 rings (SSSR count). The molecule has 2 nitrogen and oxygen atoms in total. The summed E-state index contributed by atoms with van der Waals surface area (Å²) in [5.74, 6) is 0. The fraction of sp³-hybridized carbons (Fsp3) is 0.833. The zero-order valence-corrected chi connectivity index (χ0v) is 9.79. The minimum absolute atomic E-state index is 0.0173. The first-order chi connectivity index (χ1) is 6.85. The van der Waals surface area contributed by atoms with Gasteiger partial charge < -0.3 is 9.47 Å². The molecule has 0 fully saturated rings. The summed E-state index contributed by atoms with van der Waals surface area (Å²) in [6.45, 7) is 7.64. The zero-order valence-electron chi connectivity index (χ0n) is 9.79. The standard InChI is InChI=1S/C12H24O2/c1-4-7-8-9-10-11-12(13-5-2)14-6-3/h8-9,12H,4-7,10-11H2,1-3H3/b9-8-. The summed E-state index contributed by atoms with van der Waals surface area (Å²) in [6, 6.07) is 0. The Morgan fingerprint density at radius 1 is 0.929 bits per heavy atom. The van der Waals surface area contributed by atoms with Crippen molar-refractivity contribution in [2.45, 2.75) is 52.7 Å². The lowest BCUT2D eigenvalue weighted by Crippen LogP contribution is -2.16. The van der Waals surface area contributed by atoms with Gasteiger partial charge in [0.1, 0.15) is 0 Å². The van der Waals surface area contributed by atoms with Crippen LogP contribution in [0.25, 0.3) is 0 Å². The van der Waals surface area contributed by atoms with Gasteiger partial charge in [-0.2, -0.15) is 0 Å². The third-order valence-corrected chi connectivity index (χ3v) is 1.90. The van der Waals surface area contributed by atoms with E-state index in [0.29, 0.717) is 0 Å². The molecule has 0 saturated carbocycles. The Morgan fingerprint density at radius 3 is 2.00 bits per heavy atom. The van der Waals surface area contributed by atoms with Gasteiger partial charge in [-0.05, 0) is 26.7 Å². The van der Waals surface area contributed by atoms with Gasteiger partial charge in [-0.1, -0.05) is 25.5 Å². The summed E-state index contributed by atoms with van der Waals surface area (Å²) in [7, 11) is 0. The summed E-state index contributed by atoms with van der Waals surface area (Å²) in [6.07, 6.45) is 8.83. The Balaban J connectivity index is 3.48. The summed E-state index contributed by atoms with van der Waals surface area (Å²) < 4.78 is 10.9. The first-order valence-electron chi connectivity index (χ1n) is 5.73. The molecule has 0 N–H and O–H groups in total. The van der Waals surface area contributed by atoms with E-state index in [9.17, 15) is 0 Å². The smallest absolute Gasteiger partial charge is 0.157 e. The van der Waals surface area contributed by atoms with E-state index < -0.39 is 0 Å². The highest BCUT2D eigenvalue weighted by atomic mass is 16.7. The average molecular weight is 200 g/mol. The lowest BCUT2D eigenvalue weighted by Gasteiger charge is -2.15. The molecule has 0 aromatic heterocycles. The van der Waals surface area contributed by atoms with Gasteiger partial charge in [0.2, 0.25) is 0 Å². The van der Waals surface area contributed by atoms with Crippen molar-refractivity contribution in [3.63, 3.8) is 0 Å². The molecule has 0 unspecified atom stereocenters. The Bertz CT molecular complexity index is 126. The SMILES string of the molecule is CCC/C=C\CCC(OCC)OCC. The van der Waals surface area contributed by atoms with Gasteiger partial charge in [0.05, 0.1) is 0 Å². The Hall–Kier alpha value is -0.340. The first-order valence-corrected chi connectivity index (χ1v) is 5.73. The first kappa shape index (κ1) is 13.7. The highest BCUT2D eigenvalue weighted by Crippen LogP contribution is 2.05. The van der Waals surface area contributed by atoms with Crippen molar-refractivity contribution in [3.8, 4) is 0 Å². The highest BCUT2D eigenvalue weighted by Gasteiger charge is 2.05. The molecule has 0 bridgehead atoms. The van der Waals surface area contributed by atoms with Gasteiger partial charge in [0.25, 0.3) is 0 Å². The molecule has 0 aromatic rings. The van der Waals surface area contributed by atoms with Crippen LogP contribution in [0.3, 0.4) is 0 Å². The van der Waals surface area contributed by atoms with Crippen molar-refractivity contribution in [3.05, 3.63) is 12.2 Å². The number of hydrogen-bond donors (Lipinski definition) is 0. The second-order valence-electron chi connectivity index (χ2n) is 3.18. The zero-order chi connectivity index (χ0) is 10.6.